The topological polar surface area (TPSA) is 67.9 Å². The number of hydrogen-bond donors (Lipinski definition) is 1. The normalized spacial score (nSPS) is 18.5. The van der Waals surface area contributed by atoms with Crippen LogP contribution >= 0.6 is 0 Å². The first-order valence-electron chi connectivity index (χ1n) is 8.89. The van der Waals surface area contributed by atoms with Crippen molar-refractivity contribution in [1.82, 2.24) is 5.01 Å². The van der Waals surface area contributed by atoms with Crippen LogP contribution in [0.1, 0.15) is 12.5 Å². The highest BCUT2D eigenvalue weighted by Gasteiger charge is 2.52. The second kappa shape index (κ2) is 7.27. The van der Waals surface area contributed by atoms with Gasteiger partial charge in [0.05, 0.1) is 5.69 Å². The summed E-state index contributed by atoms with van der Waals surface area (Å²) < 4.78 is 24.3. The Kier molecular flexibility index (Phi) is 4.64. The number of amides is 2. The summed E-state index contributed by atoms with van der Waals surface area (Å²) >= 11 is 0. The number of benzene rings is 3. The summed E-state index contributed by atoms with van der Waals surface area (Å²) in [6, 6.07) is 21.1. The quantitative estimate of drug-likeness (QED) is 0.673. The zero-order valence-electron chi connectivity index (χ0n) is 15.5. The average molecular weight is 392 g/mol. The predicted octanol–water partition coefficient (Wildman–Crippen LogP) is 4.84. The van der Waals surface area contributed by atoms with Crippen LogP contribution in [0, 0.1) is 5.82 Å². The lowest BCUT2D eigenvalue weighted by Gasteiger charge is -2.21. The summed E-state index contributed by atoms with van der Waals surface area (Å²) in [6.45, 7) is 1.53. The van der Waals surface area contributed by atoms with Crippen molar-refractivity contribution < 1.29 is 23.5 Å². The number of imide groups is 1. The molecule has 0 spiro atoms. The number of hydrazine groups is 1. The van der Waals surface area contributed by atoms with Crippen LogP contribution in [0.15, 0.2) is 78.9 Å². The van der Waals surface area contributed by atoms with Crippen molar-refractivity contribution >= 4 is 17.7 Å². The Morgan fingerprint density at radius 3 is 2.34 bits per heavy atom. The molecule has 7 heteroatoms. The Hall–Kier alpha value is -3.87. The number of rotatable bonds is 5. The second-order valence-electron chi connectivity index (χ2n) is 6.60. The summed E-state index contributed by atoms with van der Waals surface area (Å²) in [5.74, 6) is -0.129. The number of cyclic esters (lactones) is 1. The monoisotopic (exact) mass is 392 g/mol. The minimum atomic E-state index is -1.48. The zero-order chi connectivity index (χ0) is 20.4. The predicted molar refractivity (Wildman–Crippen MR) is 104 cm³/mol. The summed E-state index contributed by atoms with van der Waals surface area (Å²) in [4.78, 5) is 25.2. The molecule has 0 bridgehead atoms. The van der Waals surface area contributed by atoms with Gasteiger partial charge in [-0.2, -0.15) is 0 Å². The van der Waals surface area contributed by atoms with Crippen molar-refractivity contribution in [3.05, 3.63) is 90.2 Å². The van der Waals surface area contributed by atoms with Gasteiger partial charge >= 0.3 is 6.09 Å². The van der Waals surface area contributed by atoms with Crippen LogP contribution in [0.5, 0.6) is 11.5 Å². The summed E-state index contributed by atoms with van der Waals surface area (Å²) in [7, 11) is 0. The fraction of sp³-hybridized carbons (Fsp3) is 0.0909. The molecule has 4 rings (SSSR count). The van der Waals surface area contributed by atoms with Crippen LogP contribution in [0.3, 0.4) is 0 Å². The molecule has 6 nitrogen and oxygen atoms in total. The van der Waals surface area contributed by atoms with E-state index in [1.54, 1.807) is 60.7 Å². The van der Waals surface area contributed by atoms with E-state index in [-0.39, 0.29) is 0 Å². The first-order valence-corrected chi connectivity index (χ1v) is 8.89. The molecule has 0 saturated carbocycles. The van der Waals surface area contributed by atoms with Crippen molar-refractivity contribution in [1.29, 1.82) is 0 Å². The van der Waals surface area contributed by atoms with Gasteiger partial charge in [-0.3, -0.25) is 10.2 Å². The van der Waals surface area contributed by atoms with Gasteiger partial charge in [0.15, 0.2) is 0 Å². The first kappa shape index (κ1) is 18.5. The minimum absolute atomic E-state index is 0.352. The maximum atomic E-state index is 13.3. The van der Waals surface area contributed by atoms with E-state index >= 15 is 0 Å². The van der Waals surface area contributed by atoms with Gasteiger partial charge in [-0.25, -0.2) is 9.18 Å². The fourth-order valence-corrected chi connectivity index (χ4v) is 2.99. The number of nitrogens with zero attached hydrogens (tertiary/aromatic N) is 1. The highest BCUT2D eigenvalue weighted by Crippen LogP contribution is 2.35. The maximum Gasteiger partial charge on any atom is 0.437 e. The second-order valence-corrected chi connectivity index (χ2v) is 6.60. The molecule has 0 radical (unpaired) electrons. The van der Waals surface area contributed by atoms with Crippen molar-refractivity contribution in [2.45, 2.75) is 12.5 Å². The number of hydrogen-bond acceptors (Lipinski definition) is 5. The van der Waals surface area contributed by atoms with Gasteiger partial charge < -0.3 is 9.47 Å². The SMILES string of the molecule is CC1(c2ccc(Oc3cccc(F)c3)cc2)OC(=O)N(Nc2ccccc2)C1=O. The van der Waals surface area contributed by atoms with Crippen LogP contribution in [0.2, 0.25) is 0 Å². The fourth-order valence-electron chi connectivity index (χ4n) is 2.99. The molecule has 1 N–H and O–H groups in total. The van der Waals surface area contributed by atoms with E-state index in [9.17, 15) is 14.0 Å². The van der Waals surface area contributed by atoms with Crippen LogP contribution in [0.25, 0.3) is 0 Å². The number of halogens is 1. The number of ether oxygens (including phenoxy) is 2. The number of nitrogens with one attached hydrogen (secondary N) is 1. The molecule has 146 valence electrons. The van der Waals surface area contributed by atoms with E-state index in [0.29, 0.717) is 22.7 Å². The Balaban J connectivity index is 1.53. The summed E-state index contributed by atoms with van der Waals surface area (Å²) in [5, 5.41) is 0.854. The molecule has 1 aliphatic rings. The lowest BCUT2D eigenvalue weighted by atomic mass is 9.95. The van der Waals surface area contributed by atoms with E-state index < -0.39 is 23.4 Å². The molecule has 3 aromatic rings. The molecule has 29 heavy (non-hydrogen) atoms. The van der Waals surface area contributed by atoms with Gasteiger partial charge in [0.2, 0.25) is 5.60 Å². The molecule has 1 saturated heterocycles. The minimum Gasteiger partial charge on any atom is -0.457 e. The third kappa shape index (κ3) is 3.62. The van der Waals surface area contributed by atoms with Crippen LogP contribution < -0.4 is 10.2 Å². The number of carbonyl (C=O) groups excluding carboxylic acids is 2. The highest BCUT2D eigenvalue weighted by atomic mass is 19.1. The van der Waals surface area contributed by atoms with Crippen molar-refractivity contribution in [3.63, 3.8) is 0 Å². The smallest absolute Gasteiger partial charge is 0.437 e. The molecular formula is C22H17FN2O4. The highest BCUT2D eigenvalue weighted by molar-refractivity contribution is 6.04. The Morgan fingerprint density at radius 2 is 1.66 bits per heavy atom. The Morgan fingerprint density at radius 1 is 0.931 bits per heavy atom. The van der Waals surface area contributed by atoms with E-state index in [2.05, 4.69) is 5.43 Å². The van der Waals surface area contributed by atoms with Gasteiger partial charge in [0.25, 0.3) is 5.91 Å². The molecule has 1 unspecified atom stereocenters. The Labute approximate surface area is 166 Å². The van der Waals surface area contributed by atoms with Gasteiger partial charge in [-0.05, 0) is 43.3 Å². The molecular weight excluding hydrogens is 375 g/mol. The van der Waals surface area contributed by atoms with E-state index in [1.165, 1.54) is 19.1 Å². The van der Waals surface area contributed by atoms with Crippen molar-refractivity contribution in [3.8, 4) is 11.5 Å². The van der Waals surface area contributed by atoms with Crippen molar-refractivity contribution in [2.75, 3.05) is 5.43 Å². The molecule has 1 aliphatic heterocycles. The molecule has 1 heterocycles. The summed E-state index contributed by atoms with van der Waals surface area (Å²) in [5.41, 5.74) is 2.36. The molecule has 0 aliphatic carbocycles. The first-order chi connectivity index (χ1) is 14.0. The lowest BCUT2D eigenvalue weighted by Crippen LogP contribution is -2.39. The van der Waals surface area contributed by atoms with Crippen LogP contribution in [0.4, 0.5) is 14.9 Å². The number of para-hydroxylation sites is 1. The molecule has 3 aromatic carbocycles. The van der Waals surface area contributed by atoms with Gasteiger partial charge in [-0.15, -0.1) is 5.01 Å². The molecule has 1 atom stereocenters. The van der Waals surface area contributed by atoms with E-state index in [4.69, 9.17) is 9.47 Å². The third-order valence-corrected chi connectivity index (χ3v) is 4.54. The largest absolute Gasteiger partial charge is 0.457 e. The third-order valence-electron chi connectivity index (χ3n) is 4.54. The van der Waals surface area contributed by atoms with Crippen molar-refractivity contribution in [2.24, 2.45) is 0 Å². The average Bonchev–Trinajstić information content (AvgIpc) is 2.93. The van der Waals surface area contributed by atoms with Gasteiger partial charge in [0.1, 0.15) is 17.3 Å². The van der Waals surface area contributed by atoms with Crippen LogP contribution in [-0.2, 0) is 15.1 Å². The van der Waals surface area contributed by atoms with E-state index in [0.717, 1.165) is 5.01 Å². The van der Waals surface area contributed by atoms with E-state index in [1.807, 2.05) is 6.07 Å². The molecule has 2 amide bonds. The lowest BCUT2D eigenvalue weighted by molar-refractivity contribution is -0.135. The van der Waals surface area contributed by atoms with Gasteiger partial charge in [0, 0.05) is 11.6 Å². The standard InChI is InChI=1S/C22H17FN2O4/c1-22(20(26)25(21(27)29-22)24-17-7-3-2-4-8-17)15-10-12-18(13-11-15)28-19-9-5-6-16(23)14-19/h2-14,24H,1H3. The van der Waals surface area contributed by atoms with Gasteiger partial charge in [-0.1, -0.05) is 36.4 Å². The zero-order valence-corrected chi connectivity index (χ0v) is 15.5. The number of carbonyl (C=O) groups is 2. The molecule has 0 aromatic heterocycles. The Bertz CT molecular complexity index is 1060. The summed E-state index contributed by atoms with van der Waals surface area (Å²) in [6.07, 6.45) is -0.790. The number of anilines is 1. The maximum absolute atomic E-state index is 13.3. The molecule has 1 fully saturated rings. The van der Waals surface area contributed by atoms with Crippen LogP contribution in [-0.4, -0.2) is 17.0 Å².